The van der Waals surface area contributed by atoms with E-state index in [-0.39, 0.29) is 5.69 Å². The number of hydrogen-bond acceptors (Lipinski definition) is 5. The molecule has 0 amide bonds. The molecule has 5 nitrogen and oxygen atoms in total. The van der Waals surface area contributed by atoms with Crippen molar-refractivity contribution in [2.24, 2.45) is 0 Å². The van der Waals surface area contributed by atoms with Crippen LogP contribution in [0.2, 0.25) is 0 Å². The topological polar surface area (TPSA) is 75.4 Å². The van der Waals surface area contributed by atoms with Crippen molar-refractivity contribution in [3.8, 4) is 0 Å². The summed E-state index contributed by atoms with van der Waals surface area (Å²) in [5, 5.41) is 23.4. The van der Waals surface area contributed by atoms with Crippen molar-refractivity contribution in [3.05, 3.63) is 39.9 Å². The maximum Gasteiger partial charge on any atom is 0.269 e. The summed E-state index contributed by atoms with van der Waals surface area (Å²) < 4.78 is 0. The minimum absolute atomic E-state index is 0.0382. The lowest BCUT2D eigenvalue weighted by Gasteiger charge is -2.11. The van der Waals surface area contributed by atoms with Crippen LogP contribution < -0.4 is 5.32 Å². The predicted octanol–water partition coefficient (Wildman–Crippen LogP) is 1.58. The van der Waals surface area contributed by atoms with Crippen LogP contribution in [0.15, 0.2) is 24.3 Å². The summed E-state index contributed by atoms with van der Waals surface area (Å²) in [5.74, 6) is 0.993. The number of aliphatic hydroxyl groups excluding tert-OH is 1. The highest BCUT2D eigenvalue weighted by Crippen LogP contribution is 2.17. The Morgan fingerprint density at radius 3 is 2.65 bits per heavy atom. The summed E-state index contributed by atoms with van der Waals surface area (Å²) in [7, 11) is 0. The Balaban J connectivity index is 2.46. The summed E-state index contributed by atoms with van der Waals surface area (Å²) in [6, 6.07) is 5.97. The highest BCUT2D eigenvalue weighted by molar-refractivity contribution is 7.98. The number of non-ortho nitro benzene ring substituents is 1. The molecule has 0 aliphatic carbocycles. The Hall–Kier alpha value is -1.11. The van der Waals surface area contributed by atoms with Crippen LogP contribution in [0, 0.1) is 10.1 Å². The van der Waals surface area contributed by atoms with Gasteiger partial charge in [0, 0.05) is 31.0 Å². The average molecular weight is 256 g/mol. The molecule has 0 aromatic heterocycles. The van der Waals surface area contributed by atoms with Crippen LogP contribution in [0.5, 0.6) is 0 Å². The molecule has 0 spiro atoms. The summed E-state index contributed by atoms with van der Waals surface area (Å²) in [4.78, 5) is 10.0. The van der Waals surface area contributed by atoms with Crippen LogP contribution in [-0.2, 0) is 0 Å². The van der Waals surface area contributed by atoms with Gasteiger partial charge in [-0.05, 0) is 24.0 Å². The van der Waals surface area contributed by atoms with Crippen LogP contribution in [-0.4, -0.2) is 35.1 Å². The zero-order valence-corrected chi connectivity index (χ0v) is 10.4. The van der Waals surface area contributed by atoms with Gasteiger partial charge in [0.15, 0.2) is 0 Å². The molecule has 0 aliphatic heterocycles. The monoisotopic (exact) mass is 256 g/mol. The van der Waals surface area contributed by atoms with Crippen LogP contribution in [0.4, 0.5) is 5.69 Å². The highest BCUT2D eigenvalue weighted by Gasteiger charge is 2.09. The summed E-state index contributed by atoms with van der Waals surface area (Å²) in [6.07, 6.45) is 1.40. The van der Waals surface area contributed by atoms with Gasteiger partial charge in [-0.3, -0.25) is 10.1 Å². The second kappa shape index (κ2) is 7.26. The number of nitro benzene ring substituents is 1. The second-order valence-corrected chi connectivity index (χ2v) is 4.55. The lowest BCUT2D eigenvalue weighted by atomic mass is 10.1. The van der Waals surface area contributed by atoms with Gasteiger partial charge in [-0.15, -0.1) is 0 Å². The third kappa shape index (κ3) is 4.72. The number of rotatable bonds is 7. The predicted molar refractivity (Wildman–Crippen MR) is 69.3 cm³/mol. The summed E-state index contributed by atoms with van der Waals surface area (Å²) in [6.45, 7) is 1.30. The van der Waals surface area contributed by atoms with Gasteiger partial charge in [-0.1, -0.05) is 0 Å². The first-order chi connectivity index (χ1) is 8.15. The molecule has 1 unspecified atom stereocenters. The maximum atomic E-state index is 10.5. The van der Waals surface area contributed by atoms with E-state index in [1.54, 1.807) is 23.9 Å². The first kappa shape index (κ1) is 14.0. The van der Waals surface area contributed by atoms with E-state index in [1.165, 1.54) is 12.1 Å². The molecule has 1 aromatic rings. The summed E-state index contributed by atoms with van der Waals surface area (Å²) >= 11 is 1.74. The van der Waals surface area contributed by atoms with E-state index in [4.69, 9.17) is 0 Å². The molecule has 1 atom stereocenters. The minimum atomic E-state index is -0.627. The van der Waals surface area contributed by atoms with E-state index < -0.39 is 11.0 Å². The molecule has 0 radical (unpaired) electrons. The zero-order chi connectivity index (χ0) is 12.7. The van der Waals surface area contributed by atoms with Gasteiger partial charge >= 0.3 is 0 Å². The molecule has 0 aliphatic rings. The molecule has 17 heavy (non-hydrogen) atoms. The van der Waals surface area contributed by atoms with Gasteiger partial charge in [0.2, 0.25) is 0 Å². The van der Waals surface area contributed by atoms with Crippen molar-refractivity contribution < 1.29 is 10.0 Å². The Labute approximate surface area is 104 Å². The van der Waals surface area contributed by atoms with Gasteiger partial charge in [0.1, 0.15) is 0 Å². The number of hydrogen-bond donors (Lipinski definition) is 2. The average Bonchev–Trinajstić information content (AvgIpc) is 2.34. The quantitative estimate of drug-likeness (QED) is 0.440. The molecule has 0 fully saturated rings. The number of nitro groups is 1. The number of aliphatic hydroxyl groups is 1. The van der Waals surface area contributed by atoms with Gasteiger partial charge in [0.25, 0.3) is 5.69 Å². The molecule has 94 valence electrons. The van der Waals surface area contributed by atoms with Crippen molar-refractivity contribution in [1.82, 2.24) is 5.32 Å². The van der Waals surface area contributed by atoms with E-state index in [1.807, 2.05) is 6.26 Å². The minimum Gasteiger partial charge on any atom is -0.387 e. The van der Waals surface area contributed by atoms with Crippen LogP contribution in [0.1, 0.15) is 11.7 Å². The highest BCUT2D eigenvalue weighted by atomic mass is 32.2. The number of nitrogens with one attached hydrogen (secondary N) is 1. The van der Waals surface area contributed by atoms with E-state index in [2.05, 4.69) is 5.32 Å². The summed E-state index contributed by atoms with van der Waals surface area (Å²) in [5.41, 5.74) is 0.726. The third-order valence-electron chi connectivity index (χ3n) is 2.31. The molecule has 2 N–H and O–H groups in total. The van der Waals surface area contributed by atoms with Crippen LogP contribution >= 0.6 is 11.8 Å². The van der Waals surface area contributed by atoms with Gasteiger partial charge in [-0.2, -0.15) is 11.8 Å². The molecule has 0 saturated heterocycles. The fourth-order valence-electron chi connectivity index (χ4n) is 1.35. The normalized spacial score (nSPS) is 12.4. The van der Waals surface area contributed by atoms with E-state index in [0.717, 1.165) is 12.3 Å². The Kier molecular flexibility index (Phi) is 5.96. The van der Waals surface area contributed by atoms with Crippen molar-refractivity contribution in [2.75, 3.05) is 25.1 Å². The Morgan fingerprint density at radius 1 is 1.47 bits per heavy atom. The molecular formula is C11H16N2O3S. The third-order valence-corrected chi connectivity index (χ3v) is 2.92. The van der Waals surface area contributed by atoms with Crippen LogP contribution in [0.25, 0.3) is 0 Å². The molecule has 1 aromatic carbocycles. The standard InChI is InChI=1S/C11H16N2O3S/c1-17-7-6-12-8-11(14)9-2-4-10(5-3-9)13(15)16/h2-5,11-12,14H,6-8H2,1H3. The molecule has 6 heteroatoms. The smallest absolute Gasteiger partial charge is 0.269 e. The first-order valence-electron chi connectivity index (χ1n) is 5.27. The molecule has 0 bridgehead atoms. The Morgan fingerprint density at radius 2 is 2.12 bits per heavy atom. The number of thioether (sulfide) groups is 1. The fraction of sp³-hybridized carbons (Fsp3) is 0.455. The number of nitrogens with zero attached hydrogens (tertiary/aromatic N) is 1. The fourth-order valence-corrected chi connectivity index (χ4v) is 1.70. The first-order valence-corrected chi connectivity index (χ1v) is 6.66. The zero-order valence-electron chi connectivity index (χ0n) is 9.63. The molecule has 0 heterocycles. The van der Waals surface area contributed by atoms with Crippen molar-refractivity contribution in [1.29, 1.82) is 0 Å². The van der Waals surface area contributed by atoms with Crippen molar-refractivity contribution >= 4 is 17.4 Å². The number of benzene rings is 1. The van der Waals surface area contributed by atoms with E-state index in [0.29, 0.717) is 12.1 Å². The SMILES string of the molecule is CSCCNCC(O)c1ccc([N+](=O)[O-])cc1. The van der Waals surface area contributed by atoms with Crippen molar-refractivity contribution in [3.63, 3.8) is 0 Å². The Bertz CT molecular complexity index is 356. The molecule has 0 saturated carbocycles. The maximum absolute atomic E-state index is 10.5. The van der Waals surface area contributed by atoms with Gasteiger partial charge in [-0.25, -0.2) is 0 Å². The van der Waals surface area contributed by atoms with E-state index >= 15 is 0 Å². The second-order valence-electron chi connectivity index (χ2n) is 3.56. The lowest BCUT2D eigenvalue weighted by Crippen LogP contribution is -2.23. The van der Waals surface area contributed by atoms with Crippen LogP contribution in [0.3, 0.4) is 0 Å². The lowest BCUT2D eigenvalue weighted by molar-refractivity contribution is -0.384. The largest absolute Gasteiger partial charge is 0.387 e. The molecular weight excluding hydrogens is 240 g/mol. The van der Waals surface area contributed by atoms with Crippen molar-refractivity contribution in [2.45, 2.75) is 6.10 Å². The van der Waals surface area contributed by atoms with Gasteiger partial charge < -0.3 is 10.4 Å². The molecule has 1 rings (SSSR count). The van der Waals surface area contributed by atoms with E-state index in [9.17, 15) is 15.2 Å². The van der Waals surface area contributed by atoms with Gasteiger partial charge in [0.05, 0.1) is 11.0 Å².